The van der Waals surface area contributed by atoms with Crippen molar-refractivity contribution in [3.05, 3.63) is 35.6 Å². The molecule has 0 radical (unpaired) electrons. The van der Waals surface area contributed by atoms with Crippen LogP contribution in [0.1, 0.15) is 10.9 Å². The summed E-state index contributed by atoms with van der Waals surface area (Å²) in [4.78, 5) is 13.2. The summed E-state index contributed by atoms with van der Waals surface area (Å²) in [5.41, 5.74) is 0.894. The Morgan fingerprint density at radius 1 is 1.44 bits per heavy atom. The third-order valence-corrected chi connectivity index (χ3v) is 3.72. The standard InChI is InChI=1S/C11H12FNO2S/c12-9-3-1-8(2-4-9)11-13(5-6-14)10(15)7-16-11/h1-4,11,14H,5-7H2/t11-/m1/s1. The highest BCUT2D eigenvalue weighted by molar-refractivity contribution is 8.00. The summed E-state index contributed by atoms with van der Waals surface area (Å²) < 4.78 is 12.8. The van der Waals surface area contributed by atoms with Gasteiger partial charge in [-0.3, -0.25) is 4.79 Å². The molecule has 1 aromatic rings. The van der Waals surface area contributed by atoms with Crippen LogP contribution in [-0.4, -0.2) is 34.8 Å². The molecule has 1 amide bonds. The first-order valence-electron chi connectivity index (χ1n) is 5.00. The number of aliphatic hydroxyl groups is 1. The number of hydrogen-bond acceptors (Lipinski definition) is 3. The predicted molar refractivity (Wildman–Crippen MR) is 60.4 cm³/mol. The van der Waals surface area contributed by atoms with Crippen LogP contribution < -0.4 is 0 Å². The molecule has 3 nitrogen and oxygen atoms in total. The van der Waals surface area contributed by atoms with Crippen LogP contribution in [0.25, 0.3) is 0 Å². The second-order valence-electron chi connectivity index (χ2n) is 3.53. The molecule has 0 aliphatic carbocycles. The van der Waals surface area contributed by atoms with Crippen molar-refractivity contribution in [2.75, 3.05) is 18.9 Å². The molecule has 86 valence electrons. The zero-order valence-electron chi connectivity index (χ0n) is 8.60. The zero-order valence-corrected chi connectivity index (χ0v) is 9.41. The molecular formula is C11H12FNO2S. The molecule has 0 spiro atoms. The van der Waals surface area contributed by atoms with Crippen LogP contribution in [0, 0.1) is 5.82 Å². The lowest BCUT2D eigenvalue weighted by Gasteiger charge is -2.23. The Morgan fingerprint density at radius 3 is 2.75 bits per heavy atom. The Balaban J connectivity index is 2.19. The molecule has 5 heteroatoms. The number of carbonyl (C=O) groups excluding carboxylic acids is 1. The normalized spacial score (nSPS) is 20.5. The lowest BCUT2D eigenvalue weighted by molar-refractivity contribution is -0.128. The van der Waals surface area contributed by atoms with E-state index in [9.17, 15) is 9.18 Å². The van der Waals surface area contributed by atoms with E-state index in [-0.39, 0.29) is 23.7 Å². The van der Waals surface area contributed by atoms with Gasteiger partial charge in [-0.25, -0.2) is 4.39 Å². The first-order valence-corrected chi connectivity index (χ1v) is 6.04. The first kappa shape index (κ1) is 11.4. The lowest BCUT2D eigenvalue weighted by Crippen LogP contribution is -2.30. The summed E-state index contributed by atoms with van der Waals surface area (Å²) in [5.74, 6) is 0.155. The fraction of sp³-hybridized carbons (Fsp3) is 0.364. The number of benzene rings is 1. The second kappa shape index (κ2) is 4.84. The van der Waals surface area contributed by atoms with Crippen LogP contribution in [-0.2, 0) is 4.79 Å². The minimum Gasteiger partial charge on any atom is -0.395 e. The Labute approximate surface area is 97.3 Å². The van der Waals surface area contributed by atoms with E-state index in [1.807, 2.05) is 0 Å². The number of aliphatic hydroxyl groups excluding tert-OH is 1. The smallest absolute Gasteiger partial charge is 0.233 e. The molecule has 0 bridgehead atoms. The van der Waals surface area contributed by atoms with Gasteiger partial charge in [0.1, 0.15) is 11.2 Å². The highest BCUT2D eigenvalue weighted by atomic mass is 32.2. The van der Waals surface area contributed by atoms with Crippen molar-refractivity contribution in [1.29, 1.82) is 0 Å². The SMILES string of the molecule is O=C1CS[C@H](c2ccc(F)cc2)N1CCO. The summed E-state index contributed by atoms with van der Waals surface area (Å²) in [6.07, 6.45) is 0. The van der Waals surface area contributed by atoms with E-state index in [2.05, 4.69) is 0 Å². The summed E-state index contributed by atoms with van der Waals surface area (Å²) >= 11 is 1.50. The van der Waals surface area contributed by atoms with Gasteiger partial charge in [-0.2, -0.15) is 0 Å². The number of nitrogens with zero attached hydrogens (tertiary/aromatic N) is 1. The number of rotatable bonds is 3. The molecule has 1 atom stereocenters. The van der Waals surface area contributed by atoms with Crippen molar-refractivity contribution < 1.29 is 14.3 Å². The molecule has 0 saturated carbocycles. The largest absolute Gasteiger partial charge is 0.395 e. The number of amides is 1. The Morgan fingerprint density at radius 2 is 2.12 bits per heavy atom. The molecule has 1 aromatic carbocycles. The van der Waals surface area contributed by atoms with Crippen molar-refractivity contribution in [3.63, 3.8) is 0 Å². The summed E-state index contributed by atoms with van der Waals surface area (Å²) in [5, 5.41) is 8.79. The summed E-state index contributed by atoms with van der Waals surface area (Å²) in [7, 11) is 0. The summed E-state index contributed by atoms with van der Waals surface area (Å²) in [6, 6.07) is 6.12. The zero-order chi connectivity index (χ0) is 11.5. The molecule has 1 saturated heterocycles. The van der Waals surface area contributed by atoms with E-state index in [0.29, 0.717) is 12.3 Å². The molecule has 0 unspecified atom stereocenters. The Hall–Kier alpha value is -1.07. The third kappa shape index (κ3) is 2.20. The molecule has 1 aliphatic rings. The molecule has 16 heavy (non-hydrogen) atoms. The second-order valence-corrected chi connectivity index (χ2v) is 4.59. The van der Waals surface area contributed by atoms with Crippen LogP contribution in [0.15, 0.2) is 24.3 Å². The van der Waals surface area contributed by atoms with Gasteiger partial charge >= 0.3 is 0 Å². The minimum atomic E-state index is -0.285. The fourth-order valence-electron chi connectivity index (χ4n) is 1.71. The van der Waals surface area contributed by atoms with Crippen molar-refractivity contribution in [1.82, 2.24) is 4.90 Å². The molecule has 0 aromatic heterocycles. The number of halogens is 1. The van der Waals surface area contributed by atoms with Gasteiger partial charge in [0.05, 0.1) is 12.4 Å². The maximum atomic E-state index is 12.8. The lowest BCUT2D eigenvalue weighted by atomic mass is 10.2. The quantitative estimate of drug-likeness (QED) is 0.869. The van der Waals surface area contributed by atoms with Gasteiger partial charge in [0.2, 0.25) is 5.91 Å². The third-order valence-electron chi connectivity index (χ3n) is 2.46. The van der Waals surface area contributed by atoms with Gasteiger partial charge in [0.25, 0.3) is 0 Å². The van der Waals surface area contributed by atoms with Crippen LogP contribution in [0.4, 0.5) is 4.39 Å². The maximum absolute atomic E-state index is 12.8. The van der Waals surface area contributed by atoms with Crippen LogP contribution >= 0.6 is 11.8 Å². The maximum Gasteiger partial charge on any atom is 0.233 e. The average Bonchev–Trinajstić information content (AvgIpc) is 2.63. The molecule has 1 aliphatic heterocycles. The van der Waals surface area contributed by atoms with E-state index < -0.39 is 0 Å². The van der Waals surface area contributed by atoms with E-state index >= 15 is 0 Å². The van der Waals surface area contributed by atoms with E-state index in [0.717, 1.165) is 5.56 Å². The van der Waals surface area contributed by atoms with Gasteiger partial charge in [-0.15, -0.1) is 11.8 Å². The minimum absolute atomic E-state index is 0.0216. The van der Waals surface area contributed by atoms with Gasteiger partial charge in [-0.05, 0) is 17.7 Å². The fourth-order valence-corrected chi connectivity index (χ4v) is 2.93. The van der Waals surface area contributed by atoms with Gasteiger partial charge < -0.3 is 10.0 Å². The van der Waals surface area contributed by atoms with Gasteiger partial charge in [0, 0.05) is 6.54 Å². The van der Waals surface area contributed by atoms with Crippen molar-refractivity contribution in [3.8, 4) is 0 Å². The van der Waals surface area contributed by atoms with E-state index in [4.69, 9.17) is 5.11 Å². The summed E-state index contributed by atoms with van der Waals surface area (Å²) in [6.45, 7) is 0.276. The first-order chi connectivity index (χ1) is 7.72. The molecule has 1 N–H and O–H groups in total. The Kier molecular flexibility index (Phi) is 3.46. The highest BCUT2D eigenvalue weighted by Crippen LogP contribution is 2.38. The number of β-amino-alcohol motifs (C(OH)–C–C–N with tert-alkyl or cyclic N) is 1. The monoisotopic (exact) mass is 241 g/mol. The van der Waals surface area contributed by atoms with E-state index in [1.165, 1.54) is 23.9 Å². The van der Waals surface area contributed by atoms with Crippen LogP contribution in [0.2, 0.25) is 0 Å². The molecule has 1 fully saturated rings. The molecule has 2 rings (SSSR count). The number of hydrogen-bond donors (Lipinski definition) is 1. The number of carbonyl (C=O) groups is 1. The van der Waals surface area contributed by atoms with Gasteiger partial charge in [-0.1, -0.05) is 12.1 Å². The van der Waals surface area contributed by atoms with Crippen molar-refractivity contribution in [2.24, 2.45) is 0 Å². The average molecular weight is 241 g/mol. The van der Waals surface area contributed by atoms with Crippen LogP contribution in [0.3, 0.4) is 0 Å². The van der Waals surface area contributed by atoms with Crippen molar-refractivity contribution >= 4 is 17.7 Å². The number of thioether (sulfide) groups is 1. The molecule has 1 heterocycles. The van der Waals surface area contributed by atoms with E-state index in [1.54, 1.807) is 17.0 Å². The topological polar surface area (TPSA) is 40.5 Å². The van der Waals surface area contributed by atoms with Gasteiger partial charge in [0.15, 0.2) is 0 Å². The molecular weight excluding hydrogens is 229 g/mol. The predicted octanol–water partition coefficient (Wildman–Crippen LogP) is 1.39. The van der Waals surface area contributed by atoms with Crippen LogP contribution in [0.5, 0.6) is 0 Å². The highest BCUT2D eigenvalue weighted by Gasteiger charge is 2.32. The van der Waals surface area contributed by atoms with Crippen molar-refractivity contribution in [2.45, 2.75) is 5.37 Å². The Bertz CT molecular complexity index is 382.